The monoisotopic (exact) mass is 408 g/mol. The smallest absolute Gasteiger partial charge is 0.270 e. The molecule has 1 aliphatic heterocycles. The van der Waals surface area contributed by atoms with Gasteiger partial charge in [0.2, 0.25) is 15.9 Å². The van der Waals surface area contributed by atoms with Crippen LogP contribution in [-0.4, -0.2) is 35.1 Å². The zero-order valence-corrected chi connectivity index (χ0v) is 15.8. The number of non-ortho nitro benzene ring substituents is 1. The Morgan fingerprint density at radius 1 is 1.37 bits per heavy atom. The number of nitrogens with zero attached hydrogens (tertiary/aromatic N) is 3. The molecular weight excluding hydrogens is 392 g/mol. The standard InChI is InChI=1S/C16H16N4O5S2/c21-15(10-4-5-10)18-16-17-13-6-7-19(9-14(13)26-16)27(24,25)12-3-1-2-11(8-12)20(22)23/h1-3,8,10H,4-7,9H2,(H,17,18,21). The lowest BCUT2D eigenvalue weighted by Crippen LogP contribution is -2.35. The maximum atomic E-state index is 12.9. The zero-order chi connectivity index (χ0) is 19.2. The van der Waals surface area contributed by atoms with Gasteiger partial charge in [-0.1, -0.05) is 6.07 Å². The second-order valence-electron chi connectivity index (χ2n) is 6.50. The predicted molar refractivity (Wildman–Crippen MR) is 97.9 cm³/mol. The van der Waals surface area contributed by atoms with Gasteiger partial charge in [-0.25, -0.2) is 13.4 Å². The molecule has 2 heterocycles. The van der Waals surface area contributed by atoms with Crippen LogP contribution in [0.4, 0.5) is 10.8 Å². The Kier molecular flexibility index (Phi) is 4.44. The van der Waals surface area contributed by atoms with Crippen molar-refractivity contribution in [1.82, 2.24) is 9.29 Å². The van der Waals surface area contributed by atoms with Crippen LogP contribution in [0.1, 0.15) is 23.4 Å². The summed E-state index contributed by atoms with van der Waals surface area (Å²) >= 11 is 1.27. The van der Waals surface area contributed by atoms with Gasteiger partial charge in [-0.2, -0.15) is 4.31 Å². The summed E-state index contributed by atoms with van der Waals surface area (Å²) in [6.07, 6.45) is 2.22. The summed E-state index contributed by atoms with van der Waals surface area (Å²) < 4.78 is 27.0. The van der Waals surface area contributed by atoms with E-state index >= 15 is 0 Å². The summed E-state index contributed by atoms with van der Waals surface area (Å²) in [6, 6.07) is 5.04. The number of nitro groups is 1. The molecule has 1 N–H and O–H groups in total. The average molecular weight is 408 g/mol. The Labute approximate surface area is 159 Å². The molecule has 2 aliphatic rings. The molecule has 1 saturated carbocycles. The summed E-state index contributed by atoms with van der Waals surface area (Å²) in [4.78, 5) is 27.3. The molecule has 0 spiro atoms. The van der Waals surface area contributed by atoms with Gasteiger partial charge >= 0.3 is 0 Å². The molecule has 0 unspecified atom stereocenters. The van der Waals surface area contributed by atoms with E-state index < -0.39 is 14.9 Å². The highest BCUT2D eigenvalue weighted by molar-refractivity contribution is 7.89. The third-order valence-electron chi connectivity index (χ3n) is 4.54. The third-order valence-corrected chi connectivity index (χ3v) is 7.38. The maximum absolute atomic E-state index is 12.9. The number of aromatic nitrogens is 1. The molecule has 9 nitrogen and oxygen atoms in total. The summed E-state index contributed by atoms with van der Waals surface area (Å²) in [5, 5.41) is 14.2. The molecule has 1 aliphatic carbocycles. The number of anilines is 1. The minimum Gasteiger partial charge on any atom is -0.302 e. The van der Waals surface area contributed by atoms with Gasteiger partial charge in [-0.15, -0.1) is 11.3 Å². The number of amides is 1. The molecular formula is C16H16N4O5S2. The topological polar surface area (TPSA) is 123 Å². The molecule has 1 aromatic carbocycles. The van der Waals surface area contributed by atoms with Crippen molar-refractivity contribution in [3.63, 3.8) is 0 Å². The molecule has 11 heteroatoms. The first kappa shape index (κ1) is 18.0. The van der Waals surface area contributed by atoms with E-state index in [0.717, 1.165) is 29.5 Å². The first-order valence-electron chi connectivity index (χ1n) is 8.38. The van der Waals surface area contributed by atoms with Crippen LogP contribution in [0.3, 0.4) is 0 Å². The molecule has 1 amide bonds. The lowest BCUT2D eigenvalue weighted by Gasteiger charge is -2.25. The zero-order valence-electron chi connectivity index (χ0n) is 14.1. The number of thiazole rings is 1. The van der Waals surface area contributed by atoms with Crippen LogP contribution in [0, 0.1) is 16.0 Å². The summed E-state index contributed by atoms with van der Waals surface area (Å²) in [7, 11) is -3.86. The van der Waals surface area contributed by atoms with Crippen molar-refractivity contribution >= 4 is 38.1 Å². The van der Waals surface area contributed by atoms with E-state index in [0.29, 0.717) is 11.6 Å². The quantitative estimate of drug-likeness (QED) is 0.597. The van der Waals surface area contributed by atoms with Crippen LogP contribution >= 0.6 is 11.3 Å². The van der Waals surface area contributed by atoms with Crippen LogP contribution in [0.15, 0.2) is 29.2 Å². The summed E-state index contributed by atoms with van der Waals surface area (Å²) in [5.74, 6) is 0.0267. The Bertz CT molecular complexity index is 1030. The second kappa shape index (κ2) is 6.66. The number of carbonyl (C=O) groups excluding carboxylic acids is 1. The van der Waals surface area contributed by atoms with Crippen LogP contribution in [0.2, 0.25) is 0 Å². The van der Waals surface area contributed by atoms with Crippen molar-refractivity contribution in [3.8, 4) is 0 Å². The predicted octanol–water partition coefficient (Wildman–Crippen LogP) is 2.15. The lowest BCUT2D eigenvalue weighted by molar-refractivity contribution is -0.385. The number of rotatable bonds is 5. The number of hydrogen-bond acceptors (Lipinski definition) is 7. The number of carbonyl (C=O) groups is 1. The SMILES string of the molecule is O=C(Nc1nc2c(s1)CN(S(=O)(=O)c1cccc([N+](=O)[O-])c1)CC2)C1CC1. The number of fused-ring (bicyclic) bond motifs is 1. The van der Waals surface area contributed by atoms with Crippen molar-refractivity contribution in [2.24, 2.45) is 5.92 Å². The molecule has 142 valence electrons. The van der Waals surface area contributed by atoms with E-state index in [9.17, 15) is 23.3 Å². The maximum Gasteiger partial charge on any atom is 0.270 e. The van der Waals surface area contributed by atoms with Gasteiger partial charge in [0.15, 0.2) is 5.13 Å². The van der Waals surface area contributed by atoms with Crippen LogP contribution in [0.25, 0.3) is 0 Å². The van der Waals surface area contributed by atoms with Crippen molar-refractivity contribution in [1.29, 1.82) is 0 Å². The lowest BCUT2D eigenvalue weighted by atomic mass is 10.2. The normalized spacial score (nSPS) is 17.3. The van der Waals surface area contributed by atoms with E-state index in [1.54, 1.807) is 0 Å². The summed E-state index contributed by atoms with van der Waals surface area (Å²) in [5.41, 5.74) is 0.522. The third kappa shape index (κ3) is 3.57. The first-order chi connectivity index (χ1) is 12.8. The van der Waals surface area contributed by atoms with Crippen LogP contribution in [0.5, 0.6) is 0 Å². The molecule has 2 aromatic rings. The highest BCUT2D eigenvalue weighted by Crippen LogP contribution is 2.34. The molecule has 1 fully saturated rings. The van der Waals surface area contributed by atoms with Crippen LogP contribution < -0.4 is 5.32 Å². The van der Waals surface area contributed by atoms with Gasteiger partial charge in [-0.05, 0) is 18.9 Å². The summed E-state index contributed by atoms with van der Waals surface area (Å²) in [6.45, 7) is 0.370. The largest absolute Gasteiger partial charge is 0.302 e. The molecule has 0 atom stereocenters. The van der Waals surface area contributed by atoms with Gasteiger partial charge in [0, 0.05) is 35.9 Å². The number of nitrogens with one attached hydrogen (secondary N) is 1. The van der Waals surface area contributed by atoms with Crippen LogP contribution in [-0.2, 0) is 27.8 Å². The highest BCUT2D eigenvalue weighted by Gasteiger charge is 2.33. The Morgan fingerprint density at radius 2 is 2.15 bits per heavy atom. The van der Waals surface area contributed by atoms with Gasteiger partial charge in [0.25, 0.3) is 5.69 Å². The van der Waals surface area contributed by atoms with Crippen molar-refractivity contribution < 1.29 is 18.1 Å². The second-order valence-corrected chi connectivity index (χ2v) is 9.52. The van der Waals surface area contributed by atoms with E-state index in [1.807, 2.05) is 0 Å². The first-order valence-corrected chi connectivity index (χ1v) is 10.6. The average Bonchev–Trinajstić information content (AvgIpc) is 3.42. The Morgan fingerprint density at radius 3 is 2.85 bits per heavy atom. The fourth-order valence-corrected chi connectivity index (χ4v) is 5.45. The number of hydrogen-bond donors (Lipinski definition) is 1. The molecule has 27 heavy (non-hydrogen) atoms. The van der Waals surface area contributed by atoms with E-state index in [2.05, 4.69) is 10.3 Å². The van der Waals surface area contributed by atoms with Gasteiger partial charge in [0.1, 0.15) is 0 Å². The van der Waals surface area contributed by atoms with Gasteiger partial charge < -0.3 is 5.32 Å². The van der Waals surface area contributed by atoms with E-state index in [-0.39, 0.29) is 35.5 Å². The Hall–Kier alpha value is -2.37. The highest BCUT2D eigenvalue weighted by atomic mass is 32.2. The molecule has 0 saturated heterocycles. The fraction of sp³-hybridized carbons (Fsp3) is 0.375. The Balaban J connectivity index is 1.54. The number of benzene rings is 1. The molecule has 4 rings (SSSR count). The van der Waals surface area contributed by atoms with Gasteiger partial charge in [-0.3, -0.25) is 14.9 Å². The number of nitro benzene ring substituents is 1. The minimum atomic E-state index is -3.86. The van der Waals surface area contributed by atoms with Crippen molar-refractivity contribution in [2.75, 3.05) is 11.9 Å². The van der Waals surface area contributed by atoms with E-state index in [1.165, 1.54) is 33.8 Å². The molecule has 0 radical (unpaired) electrons. The fourth-order valence-electron chi connectivity index (χ4n) is 2.89. The number of sulfonamides is 1. The minimum absolute atomic E-state index is 0.0397. The molecule has 0 bridgehead atoms. The van der Waals surface area contributed by atoms with Crippen molar-refractivity contribution in [3.05, 3.63) is 45.0 Å². The van der Waals surface area contributed by atoms with E-state index in [4.69, 9.17) is 0 Å². The van der Waals surface area contributed by atoms with Gasteiger partial charge in [0.05, 0.1) is 22.1 Å². The molecule has 1 aromatic heterocycles. The van der Waals surface area contributed by atoms with Crippen molar-refractivity contribution in [2.45, 2.75) is 30.7 Å².